The minimum Gasteiger partial charge on any atom is -0.383 e. The first-order valence-corrected chi connectivity index (χ1v) is 3.14. The zero-order valence-corrected chi connectivity index (χ0v) is 6.68. The van der Waals surface area contributed by atoms with Crippen molar-refractivity contribution >= 4 is 0 Å². The molecule has 0 atom stereocenters. The lowest BCUT2D eigenvalue weighted by molar-refractivity contribution is 0.563. The van der Waals surface area contributed by atoms with Crippen molar-refractivity contribution in [1.82, 2.24) is 4.90 Å². The summed E-state index contributed by atoms with van der Waals surface area (Å²) in [7, 11) is 4.03. The van der Waals surface area contributed by atoms with E-state index in [-0.39, 0.29) is 0 Å². The van der Waals surface area contributed by atoms with E-state index in [2.05, 4.69) is 19.1 Å². The molecule has 9 heavy (non-hydrogen) atoms. The lowest BCUT2D eigenvalue weighted by Crippen LogP contribution is -1.99. The zero-order chi connectivity index (χ0) is 7.28. The van der Waals surface area contributed by atoms with Crippen LogP contribution in [0.5, 0.6) is 0 Å². The third kappa shape index (κ3) is 5.15. The van der Waals surface area contributed by atoms with E-state index in [4.69, 9.17) is 0 Å². The highest BCUT2D eigenvalue weighted by atomic mass is 15.0. The van der Waals surface area contributed by atoms with Crippen molar-refractivity contribution in [2.75, 3.05) is 14.1 Å². The van der Waals surface area contributed by atoms with Crippen molar-refractivity contribution in [2.24, 2.45) is 0 Å². The second-order valence-corrected chi connectivity index (χ2v) is 2.31. The summed E-state index contributed by atoms with van der Waals surface area (Å²) in [4.78, 5) is 2.02. The van der Waals surface area contributed by atoms with Crippen LogP contribution < -0.4 is 0 Å². The predicted molar refractivity (Wildman–Crippen MR) is 42.3 cm³/mol. The van der Waals surface area contributed by atoms with Gasteiger partial charge in [0.15, 0.2) is 0 Å². The SMILES string of the molecule is C/C=C(C)\C=C/N(C)C. The minimum atomic E-state index is 1.30. The summed E-state index contributed by atoms with van der Waals surface area (Å²) < 4.78 is 0. The molecular formula is C8H15N. The molecule has 0 fully saturated rings. The van der Waals surface area contributed by atoms with Crippen molar-refractivity contribution in [2.45, 2.75) is 13.8 Å². The van der Waals surface area contributed by atoms with Gasteiger partial charge in [0.25, 0.3) is 0 Å². The smallest absolute Gasteiger partial charge is 0.00556 e. The van der Waals surface area contributed by atoms with E-state index in [1.54, 1.807) is 0 Å². The zero-order valence-electron chi connectivity index (χ0n) is 6.68. The molecular weight excluding hydrogens is 110 g/mol. The van der Waals surface area contributed by atoms with E-state index in [9.17, 15) is 0 Å². The lowest BCUT2D eigenvalue weighted by atomic mass is 10.3. The van der Waals surface area contributed by atoms with Gasteiger partial charge in [-0.3, -0.25) is 0 Å². The van der Waals surface area contributed by atoms with Crippen LogP contribution in [0.25, 0.3) is 0 Å². The highest BCUT2D eigenvalue weighted by molar-refractivity contribution is 5.13. The molecule has 0 aromatic rings. The molecule has 0 saturated carbocycles. The molecule has 0 aromatic heterocycles. The third-order valence-electron chi connectivity index (χ3n) is 1.09. The Labute approximate surface area is 57.7 Å². The largest absolute Gasteiger partial charge is 0.383 e. The van der Waals surface area contributed by atoms with Crippen LogP contribution in [0.1, 0.15) is 13.8 Å². The van der Waals surface area contributed by atoms with Gasteiger partial charge in [-0.15, -0.1) is 0 Å². The summed E-state index contributed by atoms with van der Waals surface area (Å²) in [6.45, 7) is 4.12. The summed E-state index contributed by atoms with van der Waals surface area (Å²) in [6, 6.07) is 0. The fraction of sp³-hybridized carbons (Fsp3) is 0.500. The second-order valence-electron chi connectivity index (χ2n) is 2.31. The molecule has 52 valence electrons. The molecule has 0 rings (SSSR count). The summed E-state index contributed by atoms with van der Waals surface area (Å²) >= 11 is 0. The van der Waals surface area contributed by atoms with Gasteiger partial charge in [-0.2, -0.15) is 0 Å². The number of nitrogens with zero attached hydrogens (tertiary/aromatic N) is 1. The molecule has 0 radical (unpaired) electrons. The van der Waals surface area contributed by atoms with Crippen molar-refractivity contribution in [3.8, 4) is 0 Å². The van der Waals surface area contributed by atoms with Gasteiger partial charge in [0, 0.05) is 14.1 Å². The first-order valence-electron chi connectivity index (χ1n) is 3.14. The van der Waals surface area contributed by atoms with Gasteiger partial charge >= 0.3 is 0 Å². The van der Waals surface area contributed by atoms with Crippen molar-refractivity contribution < 1.29 is 0 Å². The van der Waals surface area contributed by atoms with Gasteiger partial charge in [-0.05, 0) is 26.1 Å². The molecule has 0 spiro atoms. The maximum Gasteiger partial charge on any atom is 0.00556 e. The quantitative estimate of drug-likeness (QED) is 0.510. The Balaban J connectivity index is 3.71. The first kappa shape index (κ1) is 8.28. The van der Waals surface area contributed by atoms with E-state index in [1.165, 1.54) is 5.57 Å². The van der Waals surface area contributed by atoms with Crippen LogP contribution in [0.3, 0.4) is 0 Å². The second kappa shape index (κ2) is 4.19. The van der Waals surface area contributed by atoms with Gasteiger partial charge in [0.1, 0.15) is 0 Å². The Hall–Kier alpha value is -0.720. The molecule has 1 heteroatoms. The van der Waals surface area contributed by atoms with Crippen molar-refractivity contribution in [1.29, 1.82) is 0 Å². The summed E-state index contributed by atoms with van der Waals surface area (Å²) in [6.07, 6.45) is 6.20. The molecule has 0 bridgehead atoms. The van der Waals surface area contributed by atoms with E-state index in [1.807, 2.05) is 32.1 Å². The Morgan fingerprint density at radius 3 is 2.22 bits per heavy atom. The Kier molecular flexibility index (Phi) is 3.85. The summed E-state index contributed by atoms with van der Waals surface area (Å²) in [5, 5.41) is 0. The molecule has 0 unspecified atom stereocenters. The Morgan fingerprint density at radius 2 is 1.89 bits per heavy atom. The molecule has 1 nitrogen and oxygen atoms in total. The van der Waals surface area contributed by atoms with E-state index < -0.39 is 0 Å². The third-order valence-corrected chi connectivity index (χ3v) is 1.09. The maximum absolute atomic E-state index is 2.08. The number of allylic oxidation sites excluding steroid dienone is 3. The standard InChI is InChI=1S/C8H15N/c1-5-8(2)6-7-9(3)4/h5-7H,1-4H3/b7-6-,8-5-. The van der Waals surface area contributed by atoms with Gasteiger partial charge in [-0.1, -0.05) is 11.6 Å². The predicted octanol–water partition coefficient (Wildman–Crippen LogP) is 2.03. The molecule has 0 heterocycles. The molecule has 0 aliphatic rings. The van der Waals surface area contributed by atoms with Crippen LogP contribution >= 0.6 is 0 Å². The van der Waals surface area contributed by atoms with Crippen LogP contribution in [0.2, 0.25) is 0 Å². The van der Waals surface area contributed by atoms with Crippen LogP contribution in [0.15, 0.2) is 23.9 Å². The minimum absolute atomic E-state index is 1.30. The van der Waals surface area contributed by atoms with Gasteiger partial charge in [0.2, 0.25) is 0 Å². The fourth-order valence-corrected chi connectivity index (χ4v) is 0.363. The van der Waals surface area contributed by atoms with Crippen molar-refractivity contribution in [3.63, 3.8) is 0 Å². The fourth-order valence-electron chi connectivity index (χ4n) is 0.363. The molecule has 0 aliphatic carbocycles. The molecule has 0 amide bonds. The van der Waals surface area contributed by atoms with Crippen molar-refractivity contribution in [3.05, 3.63) is 23.9 Å². The van der Waals surface area contributed by atoms with Crippen LogP contribution in [0, 0.1) is 0 Å². The van der Waals surface area contributed by atoms with E-state index >= 15 is 0 Å². The van der Waals surface area contributed by atoms with Gasteiger partial charge in [-0.25, -0.2) is 0 Å². The Morgan fingerprint density at radius 1 is 1.33 bits per heavy atom. The Bertz CT molecular complexity index is 121. The highest BCUT2D eigenvalue weighted by Crippen LogP contribution is 1.93. The number of rotatable bonds is 2. The lowest BCUT2D eigenvalue weighted by Gasteiger charge is -2.02. The van der Waals surface area contributed by atoms with Crippen LogP contribution in [-0.4, -0.2) is 19.0 Å². The topological polar surface area (TPSA) is 3.24 Å². The van der Waals surface area contributed by atoms with Gasteiger partial charge < -0.3 is 4.90 Å². The summed E-state index contributed by atoms with van der Waals surface area (Å²) in [5.41, 5.74) is 1.30. The number of hydrogen-bond donors (Lipinski definition) is 0. The average Bonchev–Trinajstić information content (AvgIpc) is 1.83. The maximum atomic E-state index is 2.08. The van der Waals surface area contributed by atoms with Crippen LogP contribution in [-0.2, 0) is 0 Å². The number of hydrogen-bond acceptors (Lipinski definition) is 1. The van der Waals surface area contributed by atoms with Gasteiger partial charge in [0.05, 0.1) is 0 Å². The van der Waals surface area contributed by atoms with E-state index in [0.29, 0.717) is 0 Å². The van der Waals surface area contributed by atoms with Crippen LogP contribution in [0.4, 0.5) is 0 Å². The first-order chi connectivity index (χ1) is 4.16. The normalized spacial score (nSPS) is 12.7. The average molecular weight is 125 g/mol. The summed E-state index contributed by atoms with van der Waals surface area (Å²) in [5.74, 6) is 0. The molecule has 0 N–H and O–H groups in total. The van der Waals surface area contributed by atoms with E-state index in [0.717, 1.165) is 0 Å². The monoisotopic (exact) mass is 125 g/mol. The molecule has 0 aliphatic heterocycles. The molecule has 0 saturated heterocycles. The molecule has 0 aromatic carbocycles. The highest BCUT2D eigenvalue weighted by Gasteiger charge is 1.76.